The Morgan fingerprint density at radius 2 is 2.07 bits per heavy atom. The summed E-state index contributed by atoms with van der Waals surface area (Å²) in [7, 11) is 0. The number of nitrogens with zero attached hydrogens (tertiary/aromatic N) is 4. The summed E-state index contributed by atoms with van der Waals surface area (Å²) in [5.41, 5.74) is 2.33. The van der Waals surface area contributed by atoms with Gasteiger partial charge in [0.05, 0.1) is 24.1 Å². The average molecular weight is 369 g/mol. The molecule has 7 nitrogen and oxygen atoms in total. The summed E-state index contributed by atoms with van der Waals surface area (Å²) in [6, 6.07) is 2.13. The number of anilines is 1. The van der Waals surface area contributed by atoms with Crippen LogP contribution in [0.3, 0.4) is 0 Å². The molecule has 1 atom stereocenters. The number of likely N-dealkylation sites (tertiary alicyclic amines) is 1. The first kappa shape index (κ1) is 19.1. The van der Waals surface area contributed by atoms with Gasteiger partial charge in [0.15, 0.2) is 0 Å². The fourth-order valence-electron chi connectivity index (χ4n) is 3.09. The van der Waals surface area contributed by atoms with Gasteiger partial charge in [0.2, 0.25) is 0 Å². The predicted octanol–water partition coefficient (Wildman–Crippen LogP) is 3.66. The van der Waals surface area contributed by atoms with Crippen molar-refractivity contribution in [3.63, 3.8) is 0 Å². The summed E-state index contributed by atoms with van der Waals surface area (Å²) in [5, 5.41) is 3.29. The van der Waals surface area contributed by atoms with Crippen LogP contribution in [0.2, 0.25) is 0 Å². The van der Waals surface area contributed by atoms with Crippen molar-refractivity contribution < 1.29 is 9.53 Å². The van der Waals surface area contributed by atoms with E-state index in [1.165, 1.54) is 0 Å². The van der Waals surface area contributed by atoms with Crippen molar-refractivity contribution in [2.24, 2.45) is 0 Å². The van der Waals surface area contributed by atoms with E-state index in [9.17, 15) is 4.79 Å². The fraction of sp³-hybridized carbons (Fsp3) is 0.500. The molecule has 0 bridgehead atoms. The van der Waals surface area contributed by atoms with Crippen molar-refractivity contribution in [3.8, 4) is 11.3 Å². The maximum atomic E-state index is 12.4. The Balaban J connectivity index is 1.58. The Bertz CT molecular complexity index is 786. The molecule has 0 saturated carbocycles. The number of aryl methyl sites for hydroxylation is 1. The molecule has 0 spiro atoms. The second kappa shape index (κ2) is 7.90. The number of carbonyl (C=O) groups is 1. The van der Waals surface area contributed by atoms with Crippen LogP contribution >= 0.6 is 0 Å². The van der Waals surface area contributed by atoms with E-state index >= 15 is 0 Å². The van der Waals surface area contributed by atoms with Gasteiger partial charge < -0.3 is 15.0 Å². The second-order valence-corrected chi connectivity index (χ2v) is 7.89. The van der Waals surface area contributed by atoms with Gasteiger partial charge >= 0.3 is 6.09 Å². The predicted molar refractivity (Wildman–Crippen MR) is 104 cm³/mol. The average Bonchev–Trinajstić information content (AvgIpc) is 3.08. The number of hydrogen-bond donors (Lipinski definition) is 1. The van der Waals surface area contributed by atoms with Gasteiger partial charge in [-0.3, -0.25) is 9.97 Å². The maximum Gasteiger partial charge on any atom is 0.410 e. The van der Waals surface area contributed by atoms with Crippen LogP contribution in [-0.2, 0) is 4.74 Å². The molecule has 0 aromatic carbocycles. The zero-order chi connectivity index (χ0) is 19.4. The molecule has 7 heteroatoms. The van der Waals surface area contributed by atoms with Crippen molar-refractivity contribution in [2.45, 2.75) is 52.2 Å². The molecule has 1 fully saturated rings. The van der Waals surface area contributed by atoms with E-state index in [1.54, 1.807) is 23.5 Å². The van der Waals surface area contributed by atoms with E-state index in [0.717, 1.165) is 36.2 Å². The fourth-order valence-corrected chi connectivity index (χ4v) is 3.09. The Kier molecular flexibility index (Phi) is 5.58. The highest BCUT2D eigenvalue weighted by atomic mass is 16.6. The Labute approximate surface area is 160 Å². The SMILES string of the molecule is Cc1cncc(-c2cnc(NC[C@@H]3CCCN3C(=O)OC(C)(C)C)cn2)c1. The largest absolute Gasteiger partial charge is 0.444 e. The lowest BCUT2D eigenvalue weighted by Crippen LogP contribution is -2.42. The van der Waals surface area contributed by atoms with Crippen molar-refractivity contribution in [3.05, 3.63) is 36.4 Å². The molecule has 144 valence electrons. The molecule has 2 aromatic heterocycles. The first-order valence-corrected chi connectivity index (χ1v) is 9.29. The zero-order valence-electron chi connectivity index (χ0n) is 16.4. The molecule has 0 unspecified atom stereocenters. The van der Waals surface area contributed by atoms with Crippen LogP contribution in [0.1, 0.15) is 39.2 Å². The molecule has 0 aliphatic carbocycles. The molecule has 1 saturated heterocycles. The first-order chi connectivity index (χ1) is 12.8. The van der Waals surface area contributed by atoms with Crippen molar-refractivity contribution in [1.82, 2.24) is 19.9 Å². The van der Waals surface area contributed by atoms with Crippen LogP contribution in [0.25, 0.3) is 11.3 Å². The third-order valence-electron chi connectivity index (χ3n) is 4.35. The lowest BCUT2D eigenvalue weighted by atomic mass is 10.2. The van der Waals surface area contributed by atoms with Crippen LogP contribution in [-0.4, -0.2) is 50.7 Å². The Hall–Kier alpha value is -2.70. The Morgan fingerprint density at radius 1 is 1.26 bits per heavy atom. The standard InChI is InChI=1S/C20H27N5O2/c1-14-8-15(10-21-9-14)17-12-24-18(13-22-17)23-11-16-6-5-7-25(16)19(26)27-20(2,3)4/h8-10,12-13,16H,5-7,11H2,1-4H3,(H,23,24)/t16-/m0/s1. The molecular formula is C20H27N5O2. The van der Waals surface area contributed by atoms with Gasteiger partial charge in [0.1, 0.15) is 11.4 Å². The van der Waals surface area contributed by atoms with Crippen LogP contribution in [0, 0.1) is 6.92 Å². The molecule has 1 aliphatic heterocycles. The molecule has 0 radical (unpaired) electrons. The minimum Gasteiger partial charge on any atom is -0.444 e. The van der Waals surface area contributed by atoms with E-state index in [4.69, 9.17) is 4.74 Å². The van der Waals surface area contributed by atoms with Crippen LogP contribution in [0.15, 0.2) is 30.9 Å². The van der Waals surface area contributed by atoms with Gasteiger partial charge in [-0.15, -0.1) is 0 Å². The quantitative estimate of drug-likeness (QED) is 0.886. The van der Waals surface area contributed by atoms with E-state index in [0.29, 0.717) is 12.4 Å². The molecule has 3 rings (SSSR count). The molecule has 1 aliphatic rings. The molecule has 27 heavy (non-hydrogen) atoms. The highest BCUT2D eigenvalue weighted by Gasteiger charge is 2.31. The minimum atomic E-state index is -0.483. The smallest absolute Gasteiger partial charge is 0.410 e. The van der Waals surface area contributed by atoms with Gasteiger partial charge in [0, 0.05) is 31.0 Å². The maximum absolute atomic E-state index is 12.4. The van der Waals surface area contributed by atoms with Gasteiger partial charge in [-0.1, -0.05) is 0 Å². The van der Waals surface area contributed by atoms with Crippen LogP contribution in [0.5, 0.6) is 0 Å². The lowest BCUT2D eigenvalue weighted by Gasteiger charge is -2.28. The highest BCUT2D eigenvalue weighted by Crippen LogP contribution is 2.21. The Morgan fingerprint density at radius 3 is 2.74 bits per heavy atom. The normalized spacial score (nSPS) is 17.0. The summed E-state index contributed by atoms with van der Waals surface area (Å²) in [6.07, 6.45) is 8.72. The molecule has 1 N–H and O–H groups in total. The van der Waals surface area contributed by atoms with Crippen molar-refractivity contribution in [1.29, 1.82) is 0 Å². The van der Waals surface area contributed by atoms with Crippen molar-refractivity contribution in [2.75, 3.05) is 18.4 Å². The summed E-state index contributed by atoms with van der Waals surface area (Å²) in [6.45, 7) is 9.00. The minimum absolute atomic E-state index is 0.0994. The van der Waals surface area contributed by atoms with Gasteiger partial charge in [-0.2, -0.15) is 0 Å². The number of aromatic nitrogens is 3. The molecule has 1 amide bonds. The summed E-state index contributed by atoms with van der Waals surface area (Å²) >= 11 is 0. The zero-order valence-corrected chi connectivity index (χ0v) is 16.4. The number of hydrogen-bond acceptors (Lipinski definition) is 6. The monoisotopic (exact) mass is 369 g/mol. The van der Waals surface area contributed by atoms with Crippen LogP contribution < -0.4 is 5.32 Å². The number of ether oxygens (including phenoxy) is 1. The van der Waals surface area contributed by atoms with Crippen LogP contribution in [0.4, 0.5) is 10.6 Å². The number of nitrogens with one attached hydrogen (secondary N) is 1. The summed E-state index contributed by atoms with van der Waals surface area (Å²) < 4.78 is 5.50. The lowest BCUT2D eigenvalue weighted by molar-refractivity contribution is 0.0235. The summed E-state index contributed by atoms with van der Waals surface area (Å²) in [5.74, 6) is 0.690. The highest BCUT2D eigenvalue weighted by molar-refractivity contribution is 5.69. The second-order valence-electron chi connectivity index (χ2n) is 7.89. The van der Waals surface area contributed by atoms with E-state index in [2.05, 4.69) is 20.3 Å². The third-order valence-corrected chi connectivity index (χ3v) is 4.35. The van der Waals surface area contributed by atoms with Gasteiger partial charge in [-0.05, 0) is 52.2 Å². The van der Waals surface area contributed by atoms with E-state index in [-0.39, 0.29) is 12.1 Å². The van der Waals surface area contributed by atoms with Crippen molar-refractivity contribution >= 4 is 11.9 Å². The third kappa shape index (κ3) is 5.15. The van der Waals surface area contributed by atoms with Gasteiger partial charge in [-0.25, -0.2) is 9.78 Å². The molecule has 3 heterocycles. The van der Waals surface area contributed by atoms with E-state index in [1.807, 2.05) is 40.0 Å². The number of rotatable bonds is 4. The number of carbonyl (C=O) groups excluding carboxylic acids is 1. The number of amides is 1. The van der Waals surface area contributed by atoms with Gasteiger partial charge in [0.25, 0.3) is 0 Å². The number of pyridine rings is 1. The molecule has 2 aromatic rings. The van der Waals surface area contributed by atoms with E-state index < -0.39 is 5.60 Å². The summed E-state index contributed by atoms with van der Waals surface area (Å²) in [4.78, 5) is 27.3. The molecular weight excluding hydrogens is 342 g/mol. The first-order valence-electron chi connectivity index (χ1n) is 9.29. The topological polar surface area (TPSA) is 80.2 Å².